The zero-order valence-electron chi connectivity index (χ0n) is 11.7. The summed E-state index contributed by atoms with van der Waals surface area (Å²) in [6.07, 6.45) is 4.73. The molecule has 2 rings (SSSR count). The Balaban J connectivity index is 1.89. The molecule has 1 amide bonds. The van der Waals surface area contributed by atoms with Gasteiger partial charge in [-0.1, -0.05) is 24.6 Å². The summed E-state index contributed by atoms with van der Waals surface area (Å²) in [6.45, 7) is 5.91. The minimum Gasteiger partial charge on any atom is -0.351 e. The normalized spacial score (nSPS) is 16.8. The fourth-order valence-corrected chi connectivity index (χ4v) is 2.99. The van der Waals surface area contributed by atoms with Crippen LogP contribution in [0.1, 0.15) is 52.5 Å². The molecule has 0 saturated heterocycles. The first-order valence-electron chi connectivity index (χ1n) is 6.67. The van der Waals surface area contributed by atoms with Gasteiger partial charge in [-0.15, -0.1) is 5.10 Å². The molecule has 7 heteroatoms. The van der Waals surface area contributed by atoms with Gasteiger partial charge in [-0.2, -0.15) is 0 Å². The highest BCUT2D eigenvalue weighted by atomic mass is 32.2. The average Bonchev–Trinajstić information content (AvgIpc) is 2.94. The van der Waals surface area contributed by atoms with Gasteiger partial charge in [-0.25, -0.2) is 4.68 Å². The summed E-state index contributed by atoms with van der Waals surface area (Å²) in [5.41, 5.74) is -0.199. The Hall–Kier alpha value is -1.11. The number of carbonyl (C=O) groups is 1. The Labute approximate surface area is 117 Å². The third-order valence-corrected chi connectivity index (χ3v) is 3.91. The molecule has 1 aliphatic carbocycles. The molecule has 106 valence electrons. The van der Waals surface area contributed by atoms with Crippen LogP contribution in [0, 0.1) is 0 Å². The van der Waals surface area contributed by atoms with E-state index in [1.165, 1.54) is 24.6 Å². The number of hydrogen-bond acceptors (Lipinski definition) is 5. The first-order valence-corrected chi connectivity index (χ1v) is 7.66. The maximum atomic E-state index is 11.8. The monoisotopic (exact) mass is 283 g/mol. The van der Waals surface area contributed by atoms with Crippen molar-refractivity contribution in [3.05, 3.63) is 0 Å². The van der Waals surface area contributed by atoms with E-state index in [4.69, 9.17) is 0 Å². The molecule has 1 heterocycles. The van der Waals surface area contributed by atoms with Gasteiger partial charge in [0.05, 0.1) is 11.8 Å². The Kier molecular flexibility index (Phi) is 4.44. The molecule has 0 atom stereocenters. The number of aromatic nitrogens is 4. The van der Waals surface area contributed by atoms with Gasteiger partial charge >= 0.3 is 0 Å². The van der Waals surface area contributed by atoms with Crippen molar-refractivity contribution in [1.29, 1.82) is 0 Å². The highest BCUT2D eigenvalue weighted by molar-refractivity contribution is 7.99. The van der Waals surface area contributed by atoms with Gasteiger partial charge in [-0.3, -0.25) is 4.79 Å². The fourth-order valence-electron chi connectivity index (χ4n) is 2.24. The summed E-state index contributed by atoms with van der Waals surface area (Å²) in [5, 5.41) is 15.5. The lowest BCUT2D eigenvalue weighted by Crippen LogP contribution is -2.41. The van der Waals surface area contributed by atoms with Crippen molar-refractivity contribution in [3.63, 3.8) is 0 Å². The van der Waals surface area contributed by atoms with Gasteiger partial charge in [0.2, 0.25) is 11.1 Å². The maximum Gasteiger partial charge on any atom is 0.230 e. The van der Waals surface area contributed by atoms with Gasteiger partial charge in [0, 0.05) is 5.54 Å². The molecular formula is C12H21N5OS. The van der Waals surface area contributed by atoms with Crippen LogP contribution in [-0.4, -0.2) is 37.4 Å². The summed E-state index contributed by atoms with van der Waals surface area (Å²) in [7, 11) is 0. The van der Waals surface area contributed by atoms with E-state index in [-0.39, 0.29) is 11.4 Å². The minimum atomic E-state index is -0.199. The molecule has 0 radical (unpaired) electrons. The molecular weight excluding hydrogens is 262 g/mol. The van der Waals surface area contributed by atoms with Crippen molar-refractivity contribution in [3.8, 4) is 0 Å². The second kappa shape index (κ2) is 5.90. The zero-order valence-corrected chi connectivity index (χ0v) is 12.5. The van der Waals surface area contributed by atoms with E-state index >= 15 is 0 Å². The van der Waals surface area contributed by atoms with Gasteiger partial charge in [0.1, 0.15) is 0 Å². The second-order valence-corrected chi connectivity index (χ2v) is 6.87. The highest BCUT2D eigenvalue weighted by Crippen LogP contribution is 2.31. The molecule has 0 aliphatic heterocycles. The second-order valence-electron chi connectivity index (χ2n) is 5.93. The molecule has 1 aliphatic rings. The van der Waals surface area contributed by atoms with Crippen molar-refractivity contribution in [2.75, 3.05) is 5.75 Å². The molecule has 6 nitrogen and oxygen atoms in total. The first-order chi connectivity index (χ1) is 8.96. The van der Waals surface area contributed by atoms with Crippen LogP contribution in [0.3, 0.4) is 0 Å². The third kappa shape index (κ3) is 4.19. The Bertz CT molecular complexity index is 434. The molecule has 0 spiro atoms. The lowest BCUT2D eigenvalue weighted by atomic mass is 10.1. The largest absolute Gasteiger partial charge is 0.351 e. The van der Waals surface area contributed by atoms with Crippen LogP contribution in [0.4, 0.5) is 0 Å². The van der Waals surface area contributed by atoms with Crippen LogP contribution in [0.15, 0.2) is 5.16 Å². The van der Waals surface area contributed by atoms with Crippen LogP contribution in [0.25, 0.3) is 0 Å². The Morgan fingerprint density at radius 3 is 2.74 bits per heavy atom. The molecule has 0 bridgehead atoms. The summed E-state index contributed by atoms with van der Waals surface area (Å²) in [5.74, 6) is 0.364. The van der Waals surface area contributed by atoms with E-state index in [1.807, 2.05) is 25.5 Å². The fraction of sp³-hybridized carbons (Fsp3) is 0.833. The molecule has 1 fully saturated rings. The molecule has 1 saturated carbocycles. The van der Waals surface area contributed by atoms with Gasteiger partial charge < -0.3 is 5.32 Å². The molecule has 1 aromatic rings. The number of thioether (sulfide) groups is 1. The summed E-state index contributed by atoms with van der Waals surface area (Å²) in [6, 6.07) is 0.406. The molecule has 1 N–H and O–H groups in total. The molecule has 19 heavy (non-hydrogen) atoms. The predicted octanol–water partition coefficient (Wildman–Crippen LogP) is 1.79. The van der Waals surface area contributed by atoms with Crippen molar-refractivity contribution in [2.24, 2.45) is 0 Å². The number of tetrazole rings is 1. The van der Waals surface area contributed by atoms with Gasteiger partial charge in [0.15, 0.2) is 0 Å². The lowest BCUT2D eigenvalue weighted by molar-refractivity contribution is -0.119. The van der Waals surface area contributed by atoms with Crippen LogP contribution in [-0.2, 0) is 4.79 Å². The number of nitrogens with zero attached hydrogens (tertiary/aromatic N) is 4. The standard InChI is InChI=1S/C12H21N5OS/c1-12(2,3)13-10(18)8-19-11-14-15-16-17(11)9-6-4-5-7-9/h9H,4-8H2,1-3H3,(H,13,18). The summed E-state index contributed by atoms with van der Waals surface area (Å²) < 4.78 is 1.88. The summed E-state index contributed by atoms with van der Waals surface area (Å²) in [4.78, 5) is 11.8. The number of rotatable bonds is 4. The number of amides is 1. The van der Waals surface area contributed by atoms with Crippen molar-refractivity contribution >= 4 is 17.7 Å². The quantitative estimate of drug-likeness (QED) is 0.853. The smallest absolute Gasteiger partial charge is 0.230 e. The SMILES string of the molecule is CC(C)(C)NC(=O)CSc1nnnn1C1CCCC1. The number of carbonyl (C=O) groups excluding carboxylic acids is 1. The molecule has 0 unspecified atom stereocenters. The van der Waals surface area contributed by atoms with Crippen molar-refractivity contribution in [2.45, 2.75) is 63.2 Å². The zero-order chi connectivity index (χ0) is 13.9. The Morgan fingerprint density at radius 1 is 1.42 bits per heavy atom. The topological polar surface area (TPSA) is 72.7 Å². The van der Waals surface area contributed by atoms with E-state index < -0.39 is 0 Å². The van der Waals surface area contributed by atoms with E-state index in [0.29, 0.717) is 11.8 Å². The first kappa shape index (κ1) is 14.3. The molecule has 0 aromatic carbocycles. The summed E-state index contributed by atoms with van der Waals surface area (Å²) >= 11 is 1.40. The van der Waals surface area contributed by atoms with E-state index in [0.717, 1.165) is 18.0 Å². The Morgan fingerprint density at radius 2 is 2.11 bits per heavy atom. The minimum absolute atomic E-state index is 0.0125. The van der Waals surface area contributed by atoms with Gasteiger partial charge in [-0.05, 0) is 44.0 Å². The van der Waals surface area contributed by atoms with Crippen molar-refractivity contribution < 1.29 is 4.79 Å². The highest BCUT2D eigenvalue weighted by Gasteiger charge is 2.22. The number of nitrogens with one attached hydrogen (secondary N) is 1. The maximum absolute atomic E-state index is 11.8. The lowest BCUT2D eigenvalue weighted by Gasteiger charge is -2.20. The molecule has 1 aromatic heterocycles. The van der Waals surface area contributed by atoms with Crippen LogP contribution < -0.4 is 5.32 Å². The van der Waals surface area contributed by atoms with E-state index in [9.17, 15) is 4.79 Å². The van der Waals surface area contributed by atoms with Crippen LogP contribution in [0.2, 0.25) is 0 Å². The predicted molar refractivity (Wildman–Crippen MR) is 73.9 cm³/mol. The third-order valence-electron chi connectivity index (χ3n) is 2.98. The van der Waals surface area contributed by atoms with Crippen LogP contribution in [0.5, 0.6) is 0 Å². The average molecular weight is 283 g/mol. The van der Waals surface area contributed by atoms with Crippen LogP contribution >= 0.6 is 11.8 Å². The number of hydrogen-bond donors (Lipinski definition) is 1. The van der Waals surface area contributed by atoms with Gasteiger partial charge in [0.25, 0.3) is 0 Å². The van der Waals surface area contributed by atoms with Crippen molar-refractivity contribution in [1.82, 2.24) is 25.5 Å². The van der Waals surface area contributed by atoms with E-state index in [1.54, 1.807) is 0 Å². The van der Waals surface area contributed by atoms with E-state index in [2.05, 4.69) is 20.8 Å².